The van der Waals surface area contributed by atoms with Gasteiger partial charge < -0.3 is 14.9 Å². The first-order chi connectivity index (χ1) is 5.09. The van der Waals surface area contributed by atoms with Gasteiger partial charge in [-0.2, -0.15) is 0 Å². The van der Waals surface area contributed by atoms with E-state index in [0.717, 1.165) is 13.0 Å². The summed E-state index contributed by atoms with van der Waals surface area (Å²) in [6.07, 6.45) is 0.608. The van der Waals surface area contributed by atoms with Crippen LogP contribution < -0.4 is 0 Å². The van der Waals surface area contributed by atoms with Crippen molar-refractivity contribution >= 4 is 7.05 Å². The monoisotopic (exact) mass is 157 g/mol. The zero-order chi connectivity index (χ0) is 8.43. The van der Waals surface area contributed by atoms with E-state index in [1.54, 1.807) is 6.82 Å². The topological polar surface area (TPSA) is 43.7 Å². The van der Waals surface area contributed by atoms with Gasteiger partial charge in [-0.15, -0.1) is 0 Å². The summed E-state index contributed by atoms with van der Waals surface area (Å²) in [5.74, 6) is 0.494. The normalized spacial score (nSPS) is 33.8. The Kier molecular flexibility index (Phi) is 2.93. The van der Waals surface area contributed by atoms with Gasteiger partial charge in [-0.3, -0.25) is 0 Å². The lowest BCUT2D eigenvalue weighted by Crippen LogP contribution is -2.48. The summed E-state index contributed by atoms with van der Waals surface area (Å²) in [4.78, 5) is 1.90. The fourth-order valence-electron chi connectivity index (χ4n) is 1.66. The van der Waals surface area contributed by atoms with E-state index < -0.39 is 7.05 Å². The Balaban J connectivity index is 2.43. The number of β-amino-alcohol motifs (C(OH)–C–C–N with tert-alkyl or cyclic N) is 1. The van der Waals surface area contributed by atoms with E-state index in [9.17, 15) is 10.1 Å². The molecule has 11 heavy (non-hydrogen) atoms. The molecule has 0 saturated carbocycles. The quantitative estimate of drug-likeness (QED) is 0.518. The molecule has 64 valence electrons. The summed E-state index contributed by atoms with van der Waals surface area (Å²) in [5.41, 5.74) is 0. The van der Waals surface area contributed by atoms with E-state index in [4.69, 9.17) is 0 Å². The second-order valence-electron chi connectivity index (χ2n) is 3.58. The van der Waals surface area contributed by atoms with Gasteiger partial charge in [0.05, 0.1) is 6.10 Å². The first kappa shape index (κ1) is 9.04. The van der Waals surface area contributed by atoms with Gasteiger partial charge in [-0.25, -0.2) is 0 Å². The first-order valence-corrected chi connectivity index (χ1v) is 4.19. The van der Waals surface area contributed by atoms with Crippen molar-refractivity contribution < 1.29 is 10.1 Å². The van der Waals surface area contributed by atoms with Crippen molar-refractivity contribution in [3.63, 3.8) is 0 Å². The molecule has 0 amide bonds. The number of aliphatic hydroxyl groups excluding tert-OH is 1. The van der Waals surface area contributed by atoms with Crippen LogP contribution in [0.4, 0.5) is 0 Å². The average molecular weight is 157 g/mol. The third-order valence-electron chi connectivity index (χ3n) is 2.19. The molecule has 0 bridgehead atoms. The zero-order valence-corrected chi connectivity index (χ0v) is 7.20. The van der Waals surface area contributed by atoms with Crippen molar-refractivity contribution in [2.75, 3.05) is 13.1 Å². The van der Waals surface area contributed by atoms with Gasteiger partial charge in [-0.05, 0) is 25.7 Å². The molecule has 0 aliphatic carbocycles. The van der Waals surface area contributed by atoms with Crippen LogP contribution in [0.2, 0.25) is 6.82 Å². The Morgan fingerprint density at radius 1 is 1.45 bits per heavy atom. The van der Waals surface area contributed by atoms with Crippen LogP contribution in [0.25, 0.3) is 0 Å². The highest BCUT2D eigenvalue weighted by Crippen LogP contribution is 2.16. The number of hydrogen-bond acceptors (Lipinski definition) is 3. The minimum atomic E-state index is -0.424. The third kappa shape index (κ3) is 2.47. The fraction of sp³-hybridized carbons (Fsp3) is 1.00. The van der Waals surface area contributed by atoms with Crippen LogP contribution in [0.1, 0.15) is 13.3 Å². The van der Waals surface area contributed by atoms with Gasteiger partial charge in [0.1, 0.15) is 0 Å². The molecule has 1 heterocycles. The Bertz CT molecular complexity index is 122. The van der Waals surface area contributed by atoms with Crippen molar-refractivity contribution in [3.05, 3.63) is 0 Å². The molecule has 0 radical (unpaired) electrons. The summed E-state index contributed by atoms with van der Waals surface area (Å²) in [7, 11) is -0.424. The molecule has 1 aliphatic heterocycles. The minimum absolute atomic E-state index is 0.256. The van der Waals surface area contributed by atoms with Gasteiger partial charge >= 0.3 is 7.05 Å². The molecule has 0 spiro atoms. The molecule has 4 heteroatoms. The van der Waals surface area contributed by atoms with Crippen molar-refractivity contribution in [1.82, 2.24) is 4.81 Å². The SMILES string of the molecule is CB(O)N1CC(C)CC(O)C1. The van der Waals surface area contributed by atoms with Gasteiger partial charge in [0, 0.05) is 6.54 Å². The lowest BCUT2D eigenvalue weighted by Gasteiger charge is -2.34. The Morgan fingerprint density at radius 3 is 2.55 bits per heavy atom. The first-order valence-electron chi connectivity index (χ1n) is 4.19. The van der Waals surface area contributed by atoms with Crippen LogP contribution in [0.15, 0.2) is 0 Å². The van der Waals surface area contributed by atoms with Gasteiger partial charge in [0.15, 0.2) is 0 Å². The van der Waals surface area contributed by atoms with E-state index in [1.165, 1.54) is 0 Å². The smallest absolute Gasteiger partial charge is 0.376 e. The summed E-state index contributed by atoms with van der Waals surface area (Å²) >= 11 is 0. The predicted molar refractivity (Wildman–Crippen MR) is 45.2 cm³/mol. The third-order valence-corrected chi connectivity index (χ3v) is 2.19. The number of nitrogens with zero attached hydrogens (tertiary/aromatic N) is 1. The van der Waals surface area contributed by atoms with E-state index in [0.29, 0.717) is 12.5 Å². The summed E-state index contributed by atoms with van der Waals surface area (Å²) in [6.45, 7) is 5.35. The zero-order valence-electron chi connectivity index (χ0n) is 7.20. The number of rotatable bonds is 1. The maximum absolute atomic E-state index is 9.35. The van der Waals surface area contributed by atoms with Crippen molar-refractivity contribution in [3.8, 4) is 0 Å². The second-order valence-corrected chi connectivity index (χ2v) is 3.58. The Hall–Kier alpha value is -0.0551. The molecule has 0 aromatic rings. The molecular formula is C7H16BNO2. The Labute approximate surface area is 68.2 Å². The highest BCUT2D eigenvalue weighted by molar-refractivity contribution is 6.45. The van der Waals surface area contributed by atoms with Crippen LogP contribution in [-0.2, 0) is 0 Å². The van der Waals surface area contributed by atoms with E-state index in [1.807, 2.05) is 4.81 Å². The molecule has 3 nitrogen and oxygen atoms in total. The van der Waals surface area contributed by atoms with Crippen molar-refractivity contribution in [1.29, 1.82) is 0 Å². The van der Waals surface area contributed by atoms with Crippen LogP contribution >= 0.6 is 0 Å². The molecule has 1 fully saturated rings. The van der Waals surface area contributed by atoms with Gasteiger partial charge in [0.25, 0.3) is 0 Å². The molecule has 1 rings (SSSR count). The molecule has 2 unspecified atom stereocenters. The maximum atomic E-state index is 9.35. The van der Waals surface area contributed by atoms with E-state index in [2.05, 4.69) is 6.92 Å². The number of piperidine rings is 1. The fourth-order valence-corrected chi connectivity index (χ4v) is 1.66. The lowest BCUT2D eigenvalue weighted by atomic mass is 9.80. The summed E-state index contributed by atoms with van der Waals surface area (Å²) < 4.78 is 0. The van der Waals surface area contributed by atoms with Crippen molar-refractivity contribution in [2.24, 2.45) is 5.92 Å². The molecule has 2 N–H and O–H groups in total. The van der Waals surface area contributed by atoms with E-state index >= 15 is 0 Å². The van der Waals surface area contributed by atoms with Crippen LogP contribution in [0, 0.1) is 5.92 Å². The predicted octanol–water partition coefficient (Wildman–Crippen LogP) is -0.201. The largest absolute Gasteiger partial charge is 0.437 e. The maximum Gasteiger partial charge on any atom is 0.376 e. The lowest BCUT2D eigenvalue weighted by molar-refractivity contribution is 0.0744. The molecule has 2 atom stereocenters. The van der Waals surface area contributed by atoms with Gasteiger partial charge in [-0.1, -0.05) is 6.92 Å². The molecule has 0 aromatic carbocycles. The van der Waals surface area contributed by atoms with E-state index in [-0.39, 0.29) is 6.10 Å². The summed E-state index contributed by atoms with van der Waals surface area (Å²) in [6, 6.07) is 0. The molecule has 0 aromatic heterocycles. The highest BCUT2D eigenvalue weighted by Gasteiger charge is 2.27. The number of hydrogen-bond donors (Lipinski definition) is 2. The van der Waals surface area contributed by atoms with Gasteiger partial charge in [0.2, 0.25) is 0 Å². The highest BCUT2D eigenvalue weighted by atomic mass is 16.3. The molecule has 1 saturated heterocycles. The second kappa shape index (κ2) is 3.56. The van der Waals surface area contributed by atoms with Crippen LogP contribution in [-0.4, -0.2) is 41.2 Å². The Morgan fingerprint density at radius 2 is 2.09 bits per heavy atom. The number of aliphatic hydroxyl groups is 1. The summed E-state index contributed by atoms with van der Waals surface area (Å²) in [5, 5.41) is 18.6. The standard InChI is InChI=1S/C7H16BNO2/c1-6-3-7(10)5-9(4-6)8(2)11/h6-7,10-11H,3-5H2,1-2H3. The van der Waals surface area contributed by atoms with Crippen LogP contribution in [0.5, 0.6) is 0 Å². The van der Waals surface area contributed by atoms with Crippen molar-refractivity contribution in [2.45, 2.75) is 26.3 Å². The average Bonchev–Trinajstić information content (AvgIpc) is 1.85. The molecular weight excluding hydrogens is 141 g/mol. The minimum Gasteiger partial charge on any atom is -0.437 e. The molecule has 1 aliphatic rings. The van der Waals surface area contributed by atoms with Crippen LogP contribution in [0.3, 0.4) is 0 Å².